The number of benzene rings is 2. The van der Waals surface area contributed by atoms with E-state index in [-0.39, 0.29) is 5.82 Å². The molecular weight excluding hydrogens is 353 g/mol. The molecule has 0 bridgehead atoms. The Hall–Kier alpha value is -2.86. The maximum Gasteiger partial charge on any atom is 0.243 e. The molecule has 2 heterocycles. The Kier molecular flexibility index (Phi) is 5.87. The molecule has 1 N–H and O–H groups in total. The molecule has 0 spiro atoms. The van der Waals surface area contributed by atoms with Crippen molar-refractivity contribution in [3.63, 3.8) is 0 Å². The van der Waals surface area contributed by atoms with E-state index in [0.717, 1.165) is 31.7 Å². The molecule has 3 aromatic rings. The van der Waals surface area contributed by atoms with Crippen molar-refractivity contribution in [2.75, 3.05) is 25.0 Å². The summed E-state index contributed by atoms with van der Waals surface area (Å²) in [5.74, 6) is 0.805. The van der Waals surface area contributed by atoms with Crippen molar-refractivity contribution in [1.29, 1.82) is 0 Å². The van der Waals surface area contributed by atoms with Crippen LogP contribution in [0, 0.1) is 11.7 Å². The Morgan fingerprint density at radius 2 is 1.89 bits per heavy atom. The van der Waals surface area contributed by atoms with Crippen LogP contribution < -0.4 is 5.32 Å². The fourth-order valence-corrected chi connectivity index (χ4v) is 3.68. The van der Waals surface area contributed by atoms with Crippen LogP contribution in [-0.2, 0) is 6.54 Å². The summed E-state index contributed by atoms with van der Waals surface area (Å²) in [4.78, 5) is 7.04. The zero-order valence-corrected chi connectivity index (χ0v) is 15.8. The van der Waals surface area contributed by atoms with Gasteiger partial charge < -0.3 is 5.32 Å². The highest BCUT2D eigenvalue weighted by atomic mass is 19.1. The van der Waals surface area contributed by atoms with Gasteiger partial charge in [0, 0.05) is 25.2 Å². The molecule has 1 aromatic heterocycles. The molecular formula is C22H24FN5. The largest absolute Gasteiger partial charge is 0.353 e. The molecule has 0 radical (unpaired) electrons. The third-order valence-corrected chi connectivity index (χ3v) is 5.10. The van der Waals surface area contributed by atoms with Gasteiger partial charge in [0.2, 0.25) is 5.95 Å². The standard InChI is InChI=1S/C22H24FN5/c23-20-10-8-19(9-11-20)21-14-25-27-22(26-21)24-13-18-7-4-12-28(16-18)15-17-5-2-1-3-6-17/h1-3,5-6,8-11,14,18H,4,7,12-13,15-16H2,(H,24,26,27)/t18-/m1/s1. The Labute approximate surface area is 164 Å². The topological polar surface area (TPSA) is 53.9 Å². The van der Waals surface area contributed by atoms with Crippen LogP contribution in [0.15, 0.2) is 60.8 Å². The van der Waals surface area contributed by atoms with E-state index < -0.39 is 0 Å². The highest BCUT2D eigenvalue weighted by molar-refractivity contribution is 5.58. The van der Waals surface area contributed by atoms with Gasteiger partial charge in [-0.15, -0.1) is 5.10 Å². The average molecular weight is 377 g/mol. The highest BCUT2D eigenvalue weighted by Gasteiger charge is 2.20. The van der Waals surface area contributed by atoms with Gasteiger partial charge in [0.05, 0.1) is 11.9 Å². The second-order valence-corrected chi connectivity index (χ2v) is 7.28. The number of likely N-dealkylation sites (tertiary alicyclic amines) is 1. The van der Waals surface area contributed by atoms with Crippen molar-refractivity contribution in [1.82, 2.24) is 20.1 Å². The van der Waals surface area contributed by atoms with Gasteiger partial charge in [0.1, 0.15) is 5.82 Å². The molecule has 5 nitrogen and oxygen atoms in total. The van der Waals surface area contributed by atoms with Crippen molar-refractivity contribution in [3.05, 3.63) is 72.2 Å². The molecule has 1 atom stereocenters. The molecule has 0 aliphatic carbocycles. The molecule has 4 rings (SSSR count). The quantitative estimate of drug-likeness (QED) is 0.704. The maximum atomic E-state index is 13.1. The summed E-state index contributed by atoms with van der Waals surface area (Å²) >= 11 is 0. The number of aromatic nitrogens is 3. The molecule has 144 valence electrons. The van der Waals surface area contributed by atoms with Crippen molar-refractivity contribution in [2.24, 2.45) is 5.92 Å². The first-order valence-corrected chi connectivity index (χ1v) is 9.72. The lowest BCUT2D eigenvalue weighted by Crippen LogP contribution is -2.37. The predicted molar refractivity (Wildman–Crippen MR) is 108 cm³/mol. The number of piperidine rings is 1. The highest BCUT2D eigenvalue weighted by Crippen LogP contribution is 2.20. The third kappa shape index (κ3) is 4.89. The smallest absolute Gasteiger partial charge is 0.243 e. The molecule has 2 aromatic carbocycles. The summed E-state index contributed by atoms with van der Waals surface area (Å²) in [7, 11) is 0. The van der Waals surface area contributed by atoms with Crippen LogP contribution in [0.2, 0.25) is 0 Å². The van der Waals surface area contributed by atoms with Gasteiger partial charge in [-0.2, -0.15) is 5.10 Å². The summed E-state index contributed by atoms with van der Waals surface area (Å²) in [5, 5.41) is 11.5. The van der Waals surface area contributed by atoms with Gasteiger partial charge in [-0.25, -0.2) is 9.37 Å². The van der Waals surface area contributed by atoms with Gasteiger partial charge in [-0.3, -0.25) is 4.90 Å². The molecule has 1 aliphatic heterocycles. The van der Waals surface area contributed by atoms with E-state index in [1.807, 2.05) is 0 Å². The number of rotatable bonds is 6. The van der Waals surface area contributed by atoms with Gasteiger partial charge in [0.25, 0.3) is 0 Å². The minimum atomic E-state index is -0.263. The Morgan fingerprint density at radius 1 is 1.07 bits per heavy atom. The van der Waals surface area contributed by atoms with Crippen LogP contribution in [0.4, 0.5) is 10.3 Å². The SMILES string of the molecule is Fc1ccc(-c2cnnc(NC[C@H]3CCCN(Cc4ccccc4)C3)n2)cc1. The fourth-order valence-electron chi connectivity index (χ4n) is 3.68. The second kappa shape index (κ2) is 8.89. The van der Waals surface area contributed by atoms with Crippen molar-refractivity contribution in [3.8, 4) is 11.3 Å². The summed E-state index contributed by atoms with van der Waals surface area (Å²) in [5.41, 5.74) is 2.87. The van der Waals surface area contributed by atoms with E-state index in [1.165, 1.54) is 30.5 Å². The normalized spacial score (nSPS) is 17.4. The van der Waals surface area contributed by atoms with E-state index in [0.29, 0.717) is 17.6 Å². The van der Waals surface area contributed by atoms with Crippen LogP contribution in [-0.4, -0.2) is 39.7 Å². The number of nitrogens with one attached hydrogen (secondary N) is 1. The molecule has 1 saturated heterocycles. The van der Waals surface area contributed by atoms with E-state index in [1.54, 1.807) is 18.3 Å². The van der Waals surface area contributed by atoms with E-state index in [2.05, 4.69) is 55.7 Å². The molecule has 0 unspecified atom stereocenters. The Balaban J connectivity index is 1.34. The third-order valence-electron chi connectivity index (χ3n) is 5.10. The molecule has 28 heavy (non-hydrogen) atoms. The first kappa shape index (κ1) is 18.5. The summed E-state index contributed by atoms with van der Waals surface area (Å²) in [6, 6.07) is 16.9. The van der Waals surface area contributed by atoms with Crippen LogP contribution in [0.3, 0.4) is 0 Å². The first-order chi connectivity index (χ1) is 13.8. The van der Waals surface area contributed by atoms with Gasteiger partial charge in [-0.05, 0) is 55.1 Å². The van der Waals surface area contributed by atoms with Crippen LogP contribution in [0.5, 0.6) is 0 Å². The number of halogens is 1. The van der Waals surface area contributed by atoms with E-state index in [9.17, 15) is 4.39 Å². The lowest BCUT2D eigenvalue weighted by atomic mass is 9.97. The van der Waals surface area contributed by atoms with Crippen LogP contribution in [0.1, 0.15) is 18.4 Å². The zero-order chi connectivity index (χ0) is 19.2. The molecule has 1 fully saturated rings. The van der Waals surface area contributed by atoms with Crippen molar-refractivity contribution >= 4 is 5.95 Å². The minimum Gasteiger partial charge on any atom is -0.353 e. The second-order valence-electron chi connectivity index (χ2n) is 7.28. The van der Waals surface area contributed by atoms with E-state index >= 15 is 0 Å². The molecule has 1 aliphatic rings. The van der Waals surface area contributed by atoms with Crippen LogP contribution >= 0.6 is 0 Å². The van der Waals surface area contributed by atoms with Crippen molar-refractivity contribution in [2.45, 2.75) is 19.4 Å². The van der Waals surface area contributed by atoms with Crippen LogP contribution in [0.25, 0.3) is 11.3 Å². The van der Waals surface area contributed by atoms with Crippen molar-refractivity contribution < 1.29 is 4.39 Å². The Morgan fingerprint density at radius 3 is 2.71 bits per heavy atom. The Bertz CT molecular complexity index is 885. The number of hydrogen-bond acceptors (Lipinski definition) is 5. The van der Waals surface area contributed by atoms with Gasteiger partial charge in [0.15, 0.2) is 0 Å². The minimum absolute atomic E-state index is 0.263. The number of hydrogen-bond donors (Lipinski definition) is 1. The summed E-state index contributed by atoms with van der Waals surface area (Å²) in [6.45, 7) is 4.02. The summed E-state index contributed by atoms with van der Waals surface area (Å²) in [6.07, 6.45) is 4.00. The lowest BCUT2D eigenvalue weighted by molar-refractivity contribution is 0.173. The first-order valence-electron chi connectivity index (χ1n) is 9.72. The van der Waals surface area contributed by atoms with Gasteiger partial charge in [-0.1, -0.05) is 30.3 Å². The monoisotopic (exact) mass is 377 g/mol. The number of nitrogens with zero attached hydrogens (tertiary/aromatic N) is 4. The summed E-state index contributed by atoms with van der Waals surface area (Å²) < 4.78 is 13.1. The maximum absolute atomic E-state index is 13.1. The molecule has 6 heteroatoms. The van der Waals surface area contributed by atoms with E-state index in [4.69, 9.17) is 0 Å². The molecule has 0 saturated carbocycles. The van der Waals surface area contributed by atoms with Gasteiger partial charge >= 0.3 is 0 Å². The lowest BCUT2D eigenvalue weighted by Gasteiger charge is -2.32. The number of anilines is 1. The zero-order valence-electron chi connectivity index (χ0n) is 15.8. The predicted octanol–water partition coefficient (Wildman–Crippen LogP) is 4.00. The fraction of sp³-hybridized carbons (Fsp3) is 0.318. The average Bonchev–Trinajstić information content (AvgIpc) is 2.74. The molecule has 0 amide bonds.